The molecule has 0 saturated carbocycles. The monoisotopic (exact) mass is 232 g/mol. The van der Waals surface area contributed by atoms with Gasteiger partial charge in [0, 0.05) is 12.4 Å². The Kier molecular flexibility index (Phi) is 3.85. The van der Waals surface area contributed by atoms with E-state index < -0.39 is 0 Å². The molecule has 0 N–H and O–H groups in total. The van der Waals surface area contributed by atoms with Crippen LogP contribution in [0, 0.1) is 11.8 Å². The van der Waals surface area contributed by atoms with Crippen LogP contribution in [0.3, 0.4) is 0 Å². The molecule has 2 unspecified atom stereocenters. The highest BCUT2D eigenvalue weighted by Gasteiger charge is 2.19. The van der Waals surface area contributed by atoms with Gasteiger partial charge in [-0.05, 0) is 24.7 Å². The number of allylic oxidation sites excluding steroid dienone is 2. The van der Waals surface area contributed by atoms with Crippen molar-refractivity contribution in [2.45, 2.75) is 19.8 Å². The van der Waals surface area contributed by atoms with E-state index in [1.807, 2.05) is 0 Å². The van der Waals surface area contributed by atoms with Gasteiger partial charge in [0.05, 0.1) is 12.2 Å². The molecule has 0 saturated heterocycles. The van der Waals surface area contributed by atoms with Crippen LogP contribution >= 0.6 is 0 Å². The van der Waals surface area contributed by atoms with Gasteiger partial charge in [0.15, 0.2) is 6.29 Å². The third kappa shape index (κ3) is 3.12. The average Bonchev–Trinajstić information content (AvgIpc) is 2.38. The Hall–Kier alpha value is -1.71. The van der Waals surface area contributed by atoms with E-state index in [1.54, 1.807) is 0 Å². The SMILES string of the molecule is CC1CC=CCC1COc1ncc(C=O)cn1. The van der Waals surface area contributed by atoms with Crippen LogP contribution in [0.15, 0.2) is 24.5 Å². The first-order valence-corrected chi connectivity index (χ1v) is 5.84. The van der Waals surface area contributed by atoms with Gasteiger partial charge in [0.2, 0.25) is 0 Å². The minimum atomic E-state index is 0.345. The van der Waals surface area contributed by atoms with Crippen LogP contribution in [0.25, 0.3) is 0 Å². The Morgan fingerprint density at radius 2 is 2.06 bits per heavy atom. The molecule has 1 aromatic heterocycles. The summed E-state index contributed by atoms with van der Waals surface area (Å²) < 4.78 is 5.54. The summed E-state index contributed by atoms with van der Waals surface area (Å²) in [4.78, 5) is 18.4. The van der Waals surface area contributed by atoms with Crippen LogP contribution in [-0.4, -0.2) is 22.9 Å². The van der Waals surface area contributed by atoms with E-state index in [4.69, 9.17) is 4.74 Å². The van der Waals surface area contributed by atoms with Gasteiger partial charge in [-0.15, -0.1) is 0 Å². The van der Waals surface area contributed by atoms with Gasteiger partial charge in [-0.25, -0.2) is 9.97 Å². The fourth-order valence-electron chi connectivity index (χ4n) is 1.88. The second-order valence-corrected chi connectivity index (χ2v) is 4.41. The number of hydrogen-bond acceptors (Lipinski definition) is 4. The second-order valence-electron chi connectivity index (χ2n) is 4.41. The van der Waals surface area contributed by atoms with Crippen LogP contribution in [0.1, 0.15) is 30.1 Å². The van der Waals surface area contributed by atoms with Crippen molar-refractivity contribution in [2.24, 2.45) is 11.8 Å². The van der Waals surface area contributed by atoms with Crippen LogP contribution < -0.4 is 4.74 Å². The number of hydrogen-bond donors (Lipinski definition) is 0. The van der Waals surface area contributed by atoms with Crippen molar-refractivity contribution in [3.05, 3.63) is 30.1 Å². The highest BCUT2D eigenvalue weighted by Crippen LogP contribution is 2.25. The number of rotatable bonds is 4. The fourth-order valence-corrected chi connectivity index (χ4v) is 1.88. The standard InChI is InChI=1S/C13H16N2O2/c1-10-4-2-3-5-12(10)9-17-13-14-6-11(8-16)7-15-13/h2-3,6-8,10,12H,4-5,9H2,1H3. The van der Waals surface area contributed by atoms with Crippen molar-refractivity contribution in [1.29, 1.82) is 0 Å². The highest BCUT2D eigenvalue weighted by atomic mass is 16.5. The van der Waals surface area contributed by atoms with Crippen molar-refractivity contribution in [3.63, 3.8) is 0 Å². The molecule has 4 nitrogen and oxygen atoms in total. The van der Waals surface area contributed by atoms with Crippen molar-refractivity contribution < 1.29 is 9.53 Å². The van der Waals surface area contributed by atoms with Crippen molar-refractivity contribution >= 4 is 6.29 Å². The number of ether oxygens (including phenoxy) is 1. The zero-order valence-electron chi connectivity index (χ0n) is 9.87. The molecule has 0 aromatic carbocycles. The van der Waals surface area contributed by atoms with E-state index in [0.29, 0.717) is 30.0 Å². The minimum Gasteiger partial charge on any atom is -0.463 e. The Morgan fingerprint density at radius 3 is 2.71 bits per heavy atom. The summed E-state index contributed by atoms with van der Waals surface area (Å²) in [5.74, 6) is 1.16. The van der Waals surface area contributed by atoms with Gasteiger partial charge in [0.25, 0.3) is 0 Å². The Bertz CT molecular complexity index is 400. The van der Waals surface area contributed by atoms with Gasteiger partial charge in [-0.3, -0.25) is 4.79 Å². The van der Waals surface area contributed by atoms with E-state index in [-0.39, 0.29) is 0 Å². The summed E-state index contributed by atoms with van der Waals surface area (Å²) in [6.07, 6.45) is 10.2. The van der Waals surface area contributed by atoms with Gasteiger partial charge in [-0.1, -0.05) is 19.1 Å². The van der Waals surface area contributed by atoms with Crippen molar-refractivity contribution in [2.75, 3.05) is 6.61 Å². The quantitative estimate of drug-likeness (QED) is 0.590. The van der Waals surface area contributed by atoms with E-state index in [2.05, 4.69) is 29.0 Å². The van der Waals surface area contributed by atoms with E-state index >= 15 is 0 Å². The van der Waals surface area contributed by atoms with Crippen molar-refractivity contribution in [1.82, 2.24) is 9.97 Å². The zero-order valence-corrected chi connectivity index (χ0v) is 9.87. The van der Waals surface area contributed by atoms with Crippen LogP contribution in [-0.2, 0) is 0 Å². The molecule has 0 spiro atoms. The van der Waals surface area contributed by atoms with Crippen LogP contribution in [0.2, 0.25) is 0 Å². The molecule has 17 heavy (non-hydrogen) atoms. The maximum atomic E-state index is 10.4. The minimum absolute atomic E-state index is 0.345. The molecule has 0 bridgehead atoms. The van der Waals surface area contributed by atoms with Crippen LogP contribution in [0.5, 0.6) is 6.01 Å². The van der Waals surface area contributed by atoms with Gasteiger partial charge >= 0.3 is 6.01 Å². The Labute approximate surface area is 101 Å². The molecule has 1 aromatic rings. The first-order chi connectivity index (χ1) is 8.29. The molecule has 1 heterocycles. The molecule has 0 amide bonds. The van der Waals surface area contributed by atoms with Crippen LogP contribution in [0.4, 0.5) is 0 Å². The summed E-state index contributed by atoms with van der Waals surface area (Å²) >= 11 is 0. The van der Waals surface area contributed by atoms with Gasteiger partial charge in [0.1, 0.15) is 0 Å². The smallest absolute Gasteiger partial charge is 0.316 e. The predicted octanol–water partition coefficient (Wildman–Crippen LogP) is 2.27. The highest BCUT2D eigenvalue weighted by molar-refractivity contribution is 5.73. The number of nitrogens with zero attached hydrogens (tertiary/aromatic N) is 2. The zero-order chi connectivity index (χ0) is 12.1. The normalized spacial score (nSPS) is 23.4. The largest absolute Gasteiger partial charge is 0.463 e. The lowest BCUT2D eigenvalue weighted by atomic mass is 9.85. The third-order valence-electron chi connectivity index (χ3n) is 3.13. The third-order valence-corrected chi connectivity index (χ3v) is 3.13. The molecule has 0 radical (unpaired) electrons. The summed E-state index contributed by atoms with van der Waals surface area (Å²) in [7, 11) is 0. The first-order valence-electron chi connectivity index (χ1n) is 5.84. The Morgan fingerprint density at radius 1 is 1.35 bits per heavy atom. The molecule has 2 atom stereocenters. The fraction of sp³-hybridized carbons (Fsp3) is 0.462. The lowest BCUT2D eigenvalue weighted by molar-refractivity contribution is 0.112. The molecule has 1 aliphatic carbocycles. The Balaban J connectivity index is 1.88. The van der Waals surface area contributed by atoms with Crippen molar-refractivity contribution in [3.8, 4) is 6.01 Å². The molecule has 4 heteroatoms. The summed E-state index contributed by atoms with van der Waals surface area (Å²) in [5, 5.41) is 0. The lowest BCUT2D eigenvalue weighted by Crippen LogP contribution is -2.21. The number of carbonyl (C=O) groups is 1. The van der Waals surface area contributed by atoms with E-state index in [0.717, 1.165) is 19.1 Å². The molecule has 90 valence electrons. The molecule has 1 aliphatic rings. The molecule has 0 fully saturated rings. The molecular formula is C13H16N2O2. The molecule has 2 rings (SSSR count). The summed E-state index contributed by atoms with van der Waals surface area (Å²) in [5.41, 5.74) is 0.464. The predicted molar refractivity (Wildman–Crippen MR) is 63.9 cm³/mol. The average molecular weight is 232 g/mol. The lowest BCUT2D eigenvalue weighted by Gasteiger charge is -2.24. The second kappa shape index (κ2) is 5.57. The number of carbonyl (C=O) groups excluding carboxylic acids is 1. The number of aldehydes is 1. The maximum absolute atomic E-state index is 10.4. The first kappa shape index (κ1) is 11.8. The van der Waals surface area contributed by atoms with Gasteiger partial charge in [-0.2, -0.15) is 0 Å². The van der Waals surface area contributed by atoms with E-state index in [9.17, 15) is 4.79 Å². The molecular weight excluding hydrogens is 216 g/mol. The maximum Gasteiger partial charge on any atom is 0.316 e. The molecule has 0 aliphatic heterocycles. The summed E-state index contributed by atoms with van der Waals surface area (Å²) in [6, 6.07) is 0.345. The van der Waals surface area contributed by atoms with Gasteiger partial charge < -0.3 is 4.74 Å². The van der Waals surface area contributed by atoms with E-state index in [1.165, 1.54) is 12.4 Å². The topological polar surface area (TPSA) is 52.1 Å². The number of aromatic nitrogens is 2. The summed E-state index contributed by atoms with van der Waals surface area (Å²) in [6.45, 7) is 2.86.